The summed E-state index contributed by atoms with van der Waals surface area (Å²) < 4.78 is 22.4. The van der Waals surface area contributed by atoms with Gasteiger partial charge >= 0.3 is 0 Å². The third-order valence-corrected chi connectivity index (χ3v) is 2.87. The van der Waals surface area contributed by atoms with Crippen molar-refractivity contribution in [3.8, 4) is 0 Å². The molecule has 9 heteroatoms. The lowest BCUT2D eigenvalue weighted by molar-refractivity contribution is -0.140. The lowest BCUT2D eigenvalue weighted by atomic mass is 10.3. The van der Waals surface area contributed by atoms with Gasteiger partial charge in [-0.2, -0.15) is 0 Å². The van der Waals surface area contributed by atoms with Gasteiger partial charge in [0.05, 0.1) is 26.4 Å². The smallest absolute Gasteiger partial charge is 0.249 e. The van der Waals surface area contributed by atoms with Crippen molar-refractivity contribution in [2.75, 3.05) is 67.0 Å². The van der Waals surface area contributed by atoms with E-state index in [1.165, 1.54) is 4.90 Å². The van der Waals surface area contributed by atoms with E-state index in [0.717, 1.165) is 0 Å². The number of nitrogens with zero attached hydrogens (tertiary/aromatic N) is 1. The Morgan fingerprint density at radius 3 is 2.23 bits per heavy atom. The van der Waals surface area contributed by atoms with Gasteiger partial charge in [0.25, 0.3) is 0 Å². The van der Waals surface area contributed by atoms with E-state index in [2.05, 4.69) is 17.5 Å². The summed E-state index contributed by atoms with van der Waals surface area (Å²) in [5.74, 6) is -0.612. The van der Waals surface area contributed by atoms with E-state index in [1.54, 1.807) is 14.2 Å². The summed E-state index contributed by atoms with van der Waals surface area (Å²) in [4.78, 5) is 24.8. The third kappa shape index (κ3) is 11.8. The van der Waals surface area contributed by atoms with E-state index in [0.29, 0.717) is 46.0 Å². The van der Waals surface area contributed by atoms with Crippen LogP contribution in [0.1, 0.15) is 6.42 Å². The van der Waals surface area contributed by atoms with Crippen LogP contribution in [0.25, 0.3) is 0 Å². The summed E-state index contributed by atoms with van der Waals surface area (Å²) in [5, 5.41) is 0. The summed E-state index contributed by atoms with van der Waals surface area (Å²) in [6.45, 7) is 2.51. The highest BCUT2D eigenvalue weighted by molar-refractivity contribution is 7.78. The average molecular weight is 338 g/mol. The van der Waals surface area contributed by atoms with Crippen LogP contribution in [0.15, 0.2) is 0 Å². The minimum atomic E-state index is -0.353. The fourth-order valence-corrected chi connectivity index (χ4v) is 1.57. The van der Waals surface area contributed by atoms with Crippen LogP contribution in [0.2, 0.25) is 0 Å². The molecule has 0 rings (SSSR count). The van der Waals surface area contributed by atoms with Crippen molar-refractivity contribution in [2.45, 2.75) is 6.42 Å². The Morgan fingerprint density at radius 2 is 1.64 bits per heavy atom. The van der Waals surface area contributed by atoms with E-state index in [4.69, 9.17) is 18.9 Å². The first kappa shape index (κ1) is 21.1. The van der Waals surface area contributed by atoms with E-state index in [1.807, 2.05) is 0 Å². The molecule has 0 saturated heterocycles. The van der Waals surface area contributed by atoms with Crippen LogP contribution in [0.4, 0.5) is 0 Å². The maximum absolute atomic E-state index is 12.0. The Bertz CT molecular complexity index is 306. The molecule has 0 aliphatic carbocycles. The zero-order valence-corrected chi connectivity index (χ0v) is 14.1. The Labute approximate surface area is 136 Å². The second-order valence-electron chi connectivity index (χ2n) is 4.35. The third-order valence-electron chi connectivity index (χ3n) is 2.62. The van der Waals surface area contributed by atoms with Crippen molar-refractivity contribution in [1.29, 1.82) is 0 Å². The predicted octanol–water partition coefficient (Wildman–Crippen LogP) is -0.508. The molecule has 0 heterocycles. The molecule has 1 N–H and O–H groups in total. The minimum absolute atomic E-state index is 0.0615. The number of nitrogens with one attached hydrogen (secondary N) is 1. The van der Waals surface area contributed by atoms with Gasteiger partial charge in [0, 0.05) is 27.4 Å². The molecular weight excluding hydrogens is 312 g/mol. The van der Waals surface area contributed by atoms with E-state index in [9.17, 15) is 9.59 Å². The largest absolute Gasteiger partial charge is 0.382 e. The molecule has 0 spiro atoms. The molecule has 0 bridgehead atoms. The van der Waals surface area contributed by atoms with Gasteiger partial charge in [0.1, 0.15) is 13.2 Å². The minimum Gasteiger partial charge on any atom is -0.382 e. The number of carbonyl (C=O) groups excluding carboxylic acids is 2. The number of amides is 2. The summed E-state index contributed by atoms with van der Waals surface area (Å²) >= 11 is 3.68. The van der Waals surface area contributed by atoms with Crippen LogP contribution in [-0.4, -0.2) is 83.7 Å². The highest BCUT2D eigenvalue weighted by Crippen LogP contribution is 1.96. The molecule has 0 aromatic heterocycles. The van der Waals surface area contributed by atoms with E-state index in [-0.39, 0.29) is 25.0 Å². The van der Waals surface area contributed by atoms with Crippen LogP contribution in [0.5, 0.6) is 0 Å². The van der Waals surface area contributed by atoms with Crippen LogP contribution in [0.3, 0.4) is 0 Å². The van der Waals surface area contributed by atoms with Crippen molar-refractivity contribution >= 4 is 24.6 Å². The van der Waals surface area contributed by atoms with Gasteiger partial charge in [-0.15, -0.1) is 0 Å². The van der Waals surface area contributed by atoms with Crippen molar-refractivity contribution < 1.29 is 28.5 Å². The quantitative estimate of drug-likeness (QED) is 0.328. The molecular formula is C13H26N2O6S. The highest BCUT2D eigenvalue weighted by Gasteiger charge is 2.16. The van der Waals surface area contributed by atoms with Crippen molar-refractivity contribution in [1.82, 2.24) is 9.62 Å². The summed E-state index contributed by atoms with van der Waals surface area (Å²) in [6.07, 6.45) is 0.618. The average Bonchev–Trinajstić information content (AvgIpc) is 2.53. The molecule has 0 fully saturated rings. The van der Waals surface area contributed by atoms with Gasteiger partial charge in [-0.3, -0.25) is 9.59 Å². The fourth-order valence-electron chi connectivity index (χ4n) is 1.50. The molecule has 2 amide bonds. The van der Waals surface area contributed by atoms with E-state index >= 15 is 0 Å². The van der Waals surface area contributed by atoms with Crippen molar-refractivity contribution in [3.63, 3.8) is 0 Å². The van der Waals surface area contributed by atoms with Gasteiger partial charge in [-0.1, -0.05) is 12.8 Å². The summed E-state index contributed by atoms with van der Waals surface area (Å²) in [7, 11) is 3.15. The van der Waals surface area contributed by atoms with Gasteiger partial charge in [0.15, 0.2) is 0 Å². The fraction of sp³-hybridized carbons (Fsp3) is 0.846. The first-order chi connectivity index (χ1) is 10.7. The van der Waals surface area contributed by atoms with E-state index < -0.39 is 0 Å². The van der Waals surface area contributed by atoms with Crippen LogP contribution < -0.4 is 4.72 Å². The number of methoxy groups -OCH3 is 2. The summed E-state index contributed by atoms with van der Waals surface area (Å²) in [6, 6.07) is 0. The Kier molecular flexibility index (Phi) is 14.4. The standard InChI is InChI=1S/C13H26N2O6S/c1-18-6-8-20-5-3-4-15(10-12(16)14-22)13(17)11-21-9-7-19-2/h22H,3-11H2,1-2H3,(H,14,16). The van der Waals surface area contributed by atoms with Crippen molar-refractivity contribution in [3.05, 3.63) is 0 Å². The highest BCUT2D eigenvalue weighted by atomic mass is 32.1. The number of hydrogen-bond donors (Lipinski definition) is 2. The Morgan fingerprint density at radius 1 is 1.00 bits per heavy atom. The molecule has 0 unspecified atom stereocenters. The number of rotatable bonds is 14. The number of ether oxygens (including phenoxy) is 4. The topological polar surface area (TPSA) is 86.3 Å². The molecule has 0 aromatic rings. The second-order valence-corrected chi connectivity index (χ2v) is 4.58. The molecule has 0 aromatic carbocycles. The molecule has 0 atom stereocenters. The normalized spacial score (nSPS) is 10.5. The van der Waals surface area contributed by atoms with Gasteiger partial charge in [0.2, 0.25) is 11.8 Å². The molecule has 22 heavy (non-hydrogen) atoms. The SMILES string of the molecule is COCCOCCCN(CC(=O)NS)C(=O)COCCOC. The Balaban J connectivity index is 4.07. The maximum atomic E-state index is 12.0. The lowest BCUT2D eigenvalue weighted by Crippen LogP contribution is -2.41. The zero-order valence-electron chi connectivity index (χ0n) is 13.2. The molecule has 0 saturated carbocycles. The number of thiol groups is 1. The van der Waals surface area contributed by atoms with Crippen LogP contribution in [0, 0.1) is 0 Å². The number of carbonyl (C=O) groups is 2. The first-order valence-corrected chi connectivity index (χ1v) is 7.44. The van der Waals surface area contributed by atoms with Crippen molar-refractivity contribution in [2.24, 2.45) is 0 Å². The van der Waals surface area contributed by atoms with Gasteiger partial charge in [-0.25, -0.2) is 0 Å². The molecule has 130 valence electrons. The summed E-state index contributed by atoms with van der Waals surface area (Å²) in [5.41, 5.74) is 0. The maximum Gasteiger partial charge on any atom is 0.249 e. The van der Waals surface area contributed by atoms with Gasteiger partial charge in [-0.05, 0) is 6.42 Å². The second kappa shape index (κ2) is 15.0. The van der Waals surface area contributed by atoms with Gasteiger partial charge < -0.3 is 28.6 Å². The van der Waals surface area contributed by atoms with Crippen LogP contribution >= 0.6 is 12.8 Å². The predicted molar refractivity (Wildman–Crippen MR) is 83.7 cm³/mol. The lowest BCUT2D eigenvalue weighted by Gasteiger charge is -2.21. The molecule has 0 radical (unpaired) electrons. The monoisotopic (exact) mass is 338 g/mol. The Hall–Kier alpha value is -0.870. The molecule has 0 aliphatic heterocycles. The number of hydrogen-bond acceptors (Lipinski definition) is 7. The first-order valence-electron chi connectivity index (χ1n) is 6.99. The molecule has 0 aliphatic rings. The molecule has 8 nitrogen and oxygen atoms in total. The van der Waals surface area contributed by atoms with Crippen LogP contribution in [-0.2, 0) is 28.5 Å². The zero-order chi connectivity index (χ0) is 16.6.